The molecule has 4 aromatic rings. The van der Waals surface area contributed by atoms with Crippen LogP contribution in [0.4, 0.5) is 33.5 Å². The quantitative estimate of drug-likeness (QED) is 0.111. The van der Waals surface area contributed by atoms with E-state index in [0.29, 0.717) is 38.0 Å². The first-order valence-electron chi connectivity index (χ1n) is 16.7. The molecule has 278 valence electrons. The van der Waals surface area contributed by atoms with E-state index in [-0.39, 0.29) is 65.9 Å². The van der Waals surface area contributed by atoms with Crippen molar-refractivity contribution in [1.82, 2.24) is 34.9 Å². The summed E-state index contributed by atoms with van der Waals surface area (Å²) in [5.74, 6) is -2.30. The van der Waals surface area contributed by atoms with Crippen molar-refractivity contribution in [3.63, 3.8) is 0 Å². The number of fused-ring (bicyclic) bond motifs is 1. The van der Waals surface area contributed by atoms with E-state index in [9.17, 15) is 41.1 Å². The monoisotopic (exact) mass is 741 g/mol. The molecule has 2 fully saturated rings. The summed E-state index contributed by atoms with van der Waals surface area (Å²) >= 11 is 0. The number of aromatic nitrogens is 4. The van der Waals surface area contributed by atoms with Gasteiger partial charge in [0.2, 0.25) is 24.0 Å². The van der Waals surface area contributed by atoms with Crippen molar-refractivity contribution in [2.45, 2.75) is 70.0 Å². The number of pyridine rings is 1. The second kappa shape index (κ2) is 14.7. The maximum absolute atomic E-state index is 14.1. The highest BCUT2D eigenvalue weighted by Gasteiger charge is 2.40. The molecule has 2 unspecified atom stereocenters. The molecule has 19 heteroatoms. The molecule has 1 aromatic carbocycles. The number of carbonyl (C=O) groups excluding carboxylic acids is 4. The van der Waals surface area contributed by atoms with Gasteiger partial charge < -0.3 is 20.0 Å². The largest absolute Gasteiger partial charge is 0.444 e. The molecule has 7 rings (SSSR count). The van der Waals surface area contributed by atoms with Crippen molar-refractivity contribution in [2.75, 3.05) is 23.7 Å². The van der Waals surface area contributed by atoms with Gasteiger partial charge in [0.15, 0.2) is 11.4 Å². The average molecular weight is 742 g/mol. The number of piperidine rings is 2. The smallest absolute Gasteiger partial charge is 0.287 e. The summed E-state index contributed by atoms with van der Waals surface area (Å²) in [6.45, 7) is 1.96. The van der Waals surface area contributed by atoms with Crippen molar-refractivity contribution >= 4 is 35.1 Å². The molecule has 2 saturated heterocycles. The minimum absolute atomic E-state index is 0.122. The Balaban J connectivity index is 0.977. The molecule has 3 aromatic heterocycles. The molecule has 0 saturated carbocycles. The van der Waals surface area contributed by atoms with Crippen LogP contribution in [0.2, 0.25) is 0 Å². The summed E-state index contributed by atoms with van der Waals surface area (Å²) in [4.78, 5) is 61.9. The Labute approximate surface area is 297 Å². The van der Waals surface area contributed by atoms with Gasteiger partial charge in [0, 0.05) is 56.1 Å². The van der Waals surface area contributed by atoms with Crippen LogP contribution in [0.3, 0.4) is 0 Å². The zero-order valence-electron chi connectivity index (χ0n) is 27.8. The second-order valence-electron chi connectivity index (χ2n) is 12.9. The van der Waals surface area contributed by atoms with Gasteiger partial charge in [-0.05, 0) is 48.6 Å². The van der Waals surface area contributed by atoms with Gasteiger partial charge in [-0.1, -0.05) is 12.1 Å². The van der Waals surface area contributed by atoms with Gasteiger partial charge in [0.25, 0.3) is 24.7 Å². The van der Waals surface area contributed by atoms with Crippen molar-refractivity contribution in [3.05, 3.63) is 77.1 Å². The highest BCUT2D eigenvalue weighted by atomic mass is 19.3. The lowest BCUT2D eigenvalue weighted by Gasteiger charge is -2.32. The van der Waals surface area contributed by atoms with Crippen molar-refractivity contribution in [1.29, 1.82) is 0 Å². The van der Waals surface area contributed by atoms with E-state index in [1.54, 1.807) is 12.1 Å². The van der Waals surface area contributed by atoms with Gasteiger partial charge in [-0.25, -0.2) is 31.9 Å². The highest BCUT2D eigenvalue weighted by Crippen LogP contribution is 2.33. The number of halogens is 5. The van der Waals surface area contributed by atoms with Crippen LogP contribution in [0.25, 0.3) is 11.5 Å². The Hall–Kier alpha value is -5.72. The van der Waals surface area contributed by atoms with Gasteiger partial charge in [-0.3, -0.25) is 34.1 Å². The van der Waals surface area contributed by atoms with Crippen LogP contribution in [0.1, 0.15) is 75.8 Å². The minimum Gasteiger partial charge on any atom is -0.444 e. The third kappa shape index (κ3) is 7.46. The fourth-order valence-corrected chi connectivity index (χ4v) is 6.77. The van der Waals surface area contributed by atoms with Gasteiger partial charge in [-0.2, -0.15) is 5.10 Å². The number of oxazole rings is 1. The SMILES string of the molecule is O=C1CCC(N2Cc3c(CN4CCC(n5cc(NC(=O)c6coc(-c7ccnc(NC(F)C(F)F)c7)n6)c(C(F)F)n5)CC4)cccc3C2=O)C(=O)N1. The van der Waals surface area contributed by atoms with Crippen LogP contribution in [0, 0.1) is 0 Å². The van der Waals surface area contributed by atoms with E-state index in [1.807, 2.05) is 11.4 Å². The summed E-state index contributed by atoms with van der Waals surface area (Å²) in [5, 5.41) is 10.7. The molecule has 0 aliphatic carbocycles. The Morgan fingerprint density at radius 1 is 1.06 bits per heavy atom. The fraction of sp³-hybridized carbons (Fsp3) is 0.382. The summed E-state index contributed by atoms with van der Waals surface area (Å²) in [6, 6.07) is 7.08. The lowest BCUT2D eigenvalue weighted by atomic mass is 10.0. The average Bonchev–Trinajstić information content (AvgIpc) is 3.87. The number of nitrogens with zero attached hydrogens (tertiary/aromatic N) is 6. The van der Waals surface area contributed by atoms with E-state index in [0.717, 1.165) is 17.4 Å². The lowest BCUT2D eigenvalue weighted by molar-refractivity contribution is -0.136. The van der Waals surface area contributed by atoms with E-state index in [1.165, 1.54) is 34.1 Å². The molecule has 53 heavy (non-hydrogen) atoms. The standard InChI is InChI=1S/C34H32F5N9O5/c35-28(36)27-22(41-31(50)23-16-53-33(42-23)17-6-9-40-25(12-17)43-30(39)29(37)38)15-48(45-27)19-7-10-46(11-8-19)13-18-2-1-3-20-21(18)14-47(34(20)52)24-4-5-26(49)44-32(24)51/h1-3,6,9,12,15-16,19,24,28-30H,4-5,7-8,10-11,13-14H2,(H,40,43)(H,41,50)(H,44,49,51). The summed E-state index contributed by atoms with van der Waals surface area (Å²) < 4.78 is 73.5. The van der Waals surface area contributed by atoms with Crippen LogP contribution >= 0.6 is 0 Å². The number of hydrogen-bond acceptors (Lipinski definition) is 10. The number of alkyl halides is 5. The Bertz CT molecular complexity index is 2050. The molecule has 4 amide bonds. The Kier molecular flexibility index (Phi) is 9.91. The number of carbonyl (C=O) groups is 4. The van der Waals surface area contributed by atoms with Gasteiger partial charge >= 0.3 is 0 Å². The van der Waals surface area contributed by atoms with E-state index in [4.69, 9.17) is 4.42 Å². The number of nitrogens with one attached hydrogen (secondary N) is 3. The maximum atomic E-state index is 14.1. The highest BCUT2D eigenvalue weighted by molar-refractivity contribution is 6.05. The third-order valence-corrected chi connectivity index (χ3v) is 9.47. The number of rotatable bonds is 11. The molecule has 14 nitrogen and oxygen atoms in total. The number of benzene rings is 1. The van der Waals surface area contributed by atoms with E-state index in [2.05, 4.69) is 30.6 Å². The van der Waals surface area contributed by atoms with Crippen LogP contribution < -0.4 is 16.0 Å². The Morgan fingerprint density at radius 2 is 1.85 bits per heavy atom. The summed E-state index contributed by atoms with van der Waals surface area (Å²) in [5.41, 5.74) is 1.38. The van der Waals surface area contributed by atoms with Crippen molar-refractivity contribution in [3.8, 4) is 11.5 Å². The zero-order chi connectivity index (χ0) is 37.4. The molecule has 0 radical (unpaired) electrons. The van der Waals surface area contributed by atoms with Crippen LogP contribution in [0.15, 0.2) is 53.4 Å². The zero-order valence-corrected chi connectivity index (χ0v) is 27.8. The molecule has 0 bridgehead atoms. The molecule has 2 atom stereocenters. The summed E-state index contributed by atoms with van der Waals surface area (Å²) in [6.07, 6.45) is -3.87. The topological polar surface area (TPSA) is 168 Å². The lowest BCUT2D eigenvalue weighted by Crippen LogP contribution is -2.52. The third-order valence-electron chi connectivity index (χ3n) is 9.47. The number of hydrogen-bond donors (Lipinski definition) is 3. The fourth-order valence-electron chi connectivity index (χ4n) is 6.77. The maximum Gasteiger partial charge on any atom is 0.287 e. The number of amides is 4. The van der Waals surface area contributed by atoms with E-state index >= 15 is 0 Å². The number of imide groups is 1. The summed E-state index contributed by atoms with van der Waals surface area (Å²) in [7, 11) is 0. The molecule has 0 spiro atoms. The molecule has 3 N–H and O–H groups in total. The first kappa shape index (κ1) is 35.7. The first-order valence-corrected chi connectivity index (χ1v) is 16.7. The second-order valence-corrected chi connectivity index (χ2v) is 12.9. The van der Waals surface area contributed by atoms with E-state index < -0.39 is 42.7 Å². The predicted octanol–water partition coefficient (Wildman–Crippen LogP) is 4.69. The van der Waals surface area contributed by atoms with Crippen molar-refractivity contribution in [2.24, 2.45) is 0 Å². The normalized spacial score (nSPS) is 18.8. The van der Waals surface area contributed by atoms with Crippen LogP contribution in [-0.4, -0.2) is 85.0 Å². The predicted molar refractivity (Wildman–Crippen MR) is 175 cm³/mol. The Morgan fingerprint density at radius 3 is 2.58 bits per heavy atom. The first-order chi connectivity index (χ1) is 25.4. The molecule has 3 aliphatic rings. The van der Waals surface area contributed by atoms with Gasteiger partial charge in [0.05, 0.1) is 11.7 Å². The minimum atomic E-state index is -3.29. The van der Waals surface area contributed by atoms with Crippen LogP contribution in [0.5, 0.6) is 0 Å². The van der Waals surface area contributed by atoms with Gasteiger partial charge in [-0.15, -0.1) is 0 Å². The van der Waals surface area contributed by atoms with Gasteiger partial charge in [0.1, 0.15) is 18.1 Å². The molecular formula is C34H32F5N9O5. The molecule has 6 heterocycles. The van der Waals surface area contributed by atoms with Crippen molar-refractivity contribution < 1.29 is 45.5 Å². The molecular weight excluding hydrogens is 709 g/mol. The number of anilines is 2. The number of likely N-dealkylation sites (tertiary alicyclic amines) is 1. The molecule has 3 aliphatic heterocycles. The van der Waals surface area contributed by atoms with Crippen LogP contribution in [-0.2, 0) is 22.7 Å².